The fourth-order valence-corrected chi connectivity index (χ4v) is 2.72. The van der Waals surface area contributed by atoms with Crippen LogP contribution in [0.4, 0.5) is 4.39 Å². The number of allylic oxidation sites excluding steroid dienone is 2. The van der Waals surface area contributed by atoms with Gasteiger partial charge >= 0.3 is 0 Å². The summed E-state index contributed by atoms with van der Waals surface area (Å²) in [6.45, 7) is 0.373. The van der Waals surface area contributed by atoms with Crippen molar-refractivity contribution in [2.24, 2.45) is 0 Å². The zero-order valence-corrected chi connectivity index (χ0v) is 13.4. The summed E-state index contributed by atoms with van der Waals surface area (Å²) >= 11 is 0. The number of halogens is 1. The Kier molecular flexibility index (Phi) is 5.22. The molecule has 2 aromatic rings. The van der Waals surface area contributed by atoms with E-state index < -0.39 is 6.17 Å². The first kappa shape index (κ1) is 16.2. The third kappa shape index (κ3) is 4.42. The lowest BCUT2D eigenvalue weighted by atomic mass is 10.0. The highest BCUT2D eigenvalue weighted by molar-refractivity contribution is 5.79. The molecule has 24 heavy (non-hydrogen) atoms. The third-order valence-electron chi connectivity index (χ3n) is 4.00. The van der Waals surface area contributed by atoms with Crippen molar-refractivity contribution in [3.8, 4) is 11.1 Å². The molecule has 1 amide bonds. The molecule has 3 rings (SSSR count). The normalized spacial score (nSPS) is 16.5. The van der Waals surface area contributed by atoms with Crippen LogP contribution in [0.1, 0.15) is 12.0 Å². The number of amides is 1. The summed E-state index contributed by atoms with van der Waals surface area (Å²) in [5, 5.41) is 2.84. The largest absolute Gasteiger partial charge is 0.352 e. The second-order valence-corrected chi connectivity index (χ2v) is 5.91. The molecule has 1 aliphatic rings. The Balaban J connectivity index is 1.54. The lowest BCUT2D eigenvalue weighted by Crippen LogP contribution is -2.27. The molecule has 0 saturated heterocycles. The van der Waals surface area contributed by atoms with Gasteiger partial charge in [0.2, 0.25) is 5.91 Å². The van der Waals surface area contributed by atoms with Crippen LogP contribution in [0.2, 0.25) is 0 Å². The number of benzene rings is 2. The second-order valence-electron chi connectivity index (χ2n) is 5.91. The van der Waals surface area contributed by atoms with Crippen LogP contribution in [-0.2, 0) is 11.2 Å². The maximum atomic E-state index is 13.2. The van der Waals surface area contributed by atoms with Gasteiger partial charge in [0.25, 0.3) is 0 Å². The minimum absolute atomic E-state index is 0.0576. The van der Waals surface area contributed by atoms with Crippen molar-refractivity contribution < 1.29 is 9.18 Å². The maximum absolute atomic E-state index is 13.2. The van der Waals surface area contributed by atoms with Crippen LogP contribution in [0.25, 0.3) is 11.1 Å². The van der Waals surface area contributed by atoms with Gasteiger partial charge in [-0.1, -0.05) is 66.7 Å². The minimum atomic E-state index is -0.938. The van der Waals surface area contributed by atoms with E-state index in [1.807, 2.05) is 48.5 Å². The van der Waals surface area contributed by atoms with Gasteiger partial charge in [-0.3, -0.25) is 4.79 Å². The van der Waals surface area contributed by atoms with Crippen molar-refractivity contribution >= 4 is 5.91 Å². The molecular weight excluding hydrogens is 301 g/mol. The van der Waals surface area contributed by atoms with Crippen molar-refractivity contribution in [3.63, 3.8) is 0 Å². The van der Waals surface area contributed by atoms with Gasteiger partial charge in [-0.2, -0.15) is 0 Å². The Morgan fingerprint density at radius 1 is 1.04 bits per heavy atom. The summed E-state index contributed by atoms with van der Waals surface area (Å²) in [6.07, 6.45) is 5.04. The van der Waals surface area contributed by atoms with Gasteiger partial charge in [0.15, 0.2) is 0 Å². The van der Waals surface area contributed by atoms with Crippen LogP contribution in [0.15, 0.2) is 78.4 Å². The Morgan fingerprint density at radius 3 is 2.46 bits per heavy atom. The van der Waals surface area contributed by atoms with Gasteiger partial charge < -0.3 is 5.32 Å². The zero-order chi connectivity index (χ0) is 16.8. The molecule has 0 heterocycles. The molecule has 1 aliphatic carbocycles. The lowest BCUT2D eigenvalue weighted by molar-refractivity contribution is -0.120. The standard InChI is InChI=1S/C21H20FNO/c22-20-8-4-5-17(13-20)15-23-21(24)14-16-9-11-19(12-10-16)18-6-2-1-3-7-18/h1-7,9-13,20H,8,14-15H2,(H,23,24). The highest BCUT2D eigenvalue weighted by atomic mass is 19.1. The Labute approximate surface area is 141 Å². The van der Waals surface area contributed by atoms with E-state index in [2.05, 4.69) is 17.4 Å². The molecule has 3 heteroatoms. The highest BCUT2D eigenvalue weighted by Crippen LogP contribution is 2.19. The van der Waals surface area contributed by atoms with E-state index in [1.54, 1.807) is 12.2 Å². The van der Waals surface area contributed by atoms with E-state index in [9.17, 15) is 9.18 Å². The first-order chi connectivity index (χ1) is 11.7. The molecule has 0 bridgehead atoms. The van der Waals surface area contributed by atoms with Crippen LogP contribution >= 0.6 is 0 Å². The van der Waals surface area contributed by atoms with Crippen molar-refractivity contribution in [3.05, 3.63) is 84.0 Å². The summed E-state index contributed by atoms with van der Waals surface area (Å²) in [7, 11) is 0. The monoisotopic (exact) mass is 321 g/mol. The fraction of sp³-hybridized carbons (Fsp3) is 0.190. The lowest BCUT2D eigenvalue weighted by Gasteiger charge is -2.11. The number of nitrogens with one attached hydrogen (secondary N) is 1. The van der Waals surface area contributed by atoms with Crippen LogP contribution in [0.5, 0.6) is 0 Å². The maximum Gasteiger partial charge on any atom is 0.224 e. The first-order valence-corrected chi connectivity index (χ1v) is 8.13. The Hall–Kier alpha value is -2.68. The number of alkyl halides is 1. The molecule has 1 unspecified atom stereocenters. The molecule has 0 spiro atoms. The molecular formula is C21H20FNO. The van der Waals surface area contributed by atoms with E-state index in [0.717, 1.165) is 22.3 Å². The van der Waals surface area contributed by atoms with E-state index in [0.29, 0.717) is 19.4 Å². The smallest absolute Gasteiger partial charge is 0.224 e. The number of rotatable bonds is 5. The van der Waals surface area contributed by atoms with Crippen LogP contribution in [0, 0.1) is 0 Å². The summed E-state index contributed by atoms with van der Waals surface area (Å²) in [6, 6.07) is 18.1. The SMILES string of the molecule is O=C(Cc1ccc(-c2ccccc2)cc1)NCC1=CC(F)CC=C1. The van der Waals surface area contributed by atoms with Crippen molar-refractivity contribution in [1.82, 2.24) is 5.32 Å². The molecule has 0 aliphatic heterocycles. The predicted octanol–water partition coefficient (Wildman–Crippen LogP) is 4.24. The predicted molar refractivity (Wildman–Crippen MR) is 95.3 cm³/mol. The first-order valence-electron chi connectivity index (χ1n) is 8.13. The van der Waals surface area contributed by atoms with E-state index in [1.165, 1.54) is 0 Å². The van der Waals surface area contributed by atoms with Gasteiger partial charge in [0.05, 0.1) is 6.42 Å². The average molecular weight is 321 g/mol. The van der Waals surface area contributed by atoms with Crippen molar-refractivity contribution in [2.45, 2.75) is 19.0 Å². The Bertz CT molecular complexity index is 747. The van der Waals surface area contributed by atoms with Crippen molar-refractivity contribution in [2.75, 3.05) is 6.54 Å². The van der Waals surface area contributed by atoms with Gasteiger partial charge in [0.1, 0.15) is 6.17 Å². The summed E-state index contributed by atoms with van der Waals surface area (Å²) in [5.74, 6) is -0.0576. The molecule has 0 aromatic heterocycles. The average Bonchev–Trinajstić information content (AvgIpc) is 2.61. The summed E-state index contributed by atoms with van der Waals surface area (Å²) in [5.41, 5.74) is 4.07. The topological polar surface area (TPSA) is 29.1 Å². The number of hydrogen-bond acceptors (Lipinski definition) is 1. The quantitative estimate of drug-likeness (QED) is 0.877. The summed E-state index contributed by atoms with van der Waals surface area (Å²) in [4.78, 5) is 12.0. The van der Waals surface area contributed by atoms with Gasteiger partial charge in [-0.05, 0) is 28.3 Å². The minimum Gasteiger partial charge on any atom is -0.352 e. The number of hydrogen-bond donors (Lipinski definition) is 1. The molecule has 0 fully saturated rings. The van der Waals surface area contributed by atoms with Gasteiger partial charge in [-0.15, -0.1) is 0 Å². The van der Waals surface area contributed by atoms with Crippen LogP contribution in [0.3, 0.4) is 0 Å². The Morgan fingerprint density at radius 2 is 1.75 bits per heavy atom. The molecule has 1 atom stereocenters. The van der Waals surface area contributed by atoms with Gasteiger partial charge in [0, 0.05) is 13.0 Å². The van der Waals surface area contributed by atoms with Crippen LogP contribution in [-0.4, -0.2) is 18.6 Å². The highest BCUT2D eigenvalue weighted by Gasteiger charge is 2.09. The zero-order valence-electron chi connectivity index (χ0n) is 13.4. The van der Waals surface area contributed by atoms with E-state index in [4.69, 9.17) is 0 Å². The molecule has 122 valence electrons. The molecule has 2 nitrogen and oxygen atoms in total. The fourth-order valence-electron chi connectivity index (χ4n) is 2.72. The number of carbonyl (C=O) groups is 1. The van der Waals surface area contributed by atoms with E-state index in [-0.39, 0.29) is 5.91 Å². The van der Waals surface area contributed by atoms with Crippen LogP contribution < -0.4 is 5.32 Å². The molecule has 1 N–H and O–H groups in total. The van der Waals surface area contributed by atoms with Gasteiger partial charge in [-0.25, -0.2) is 4.39 Å². The molecule has 2 aromatic carbocycles. The molecule has 0 radical (unpaired) electrons. The number of carbonyl (C=O) groups excluding carboxylic acids is 1. The summed E-state index contributed by atoms with van der Waals surface area (Å²) < 4.78 is 13.2. The molecule has 0 saturated carbocycles. The van der Waals surface area contributed by atoms with Crippen molar-refractivity contribution in [1.29, 1.82) is 0 Å². The second kappa shape index (κ2) is 7.73. The van der Waals surface area contributed by atoms with E-state index >= 15 is 0 Å². The third-order valence-corrected chi connectivity index (χ3v) is 4.00.